The summed E-state index contributed by atoms with van der Waals surface area (Å²) in [6, 6.07) is 9.25. The van der Waals surface area contributed by atoms with Crippen LogP contribution in [0.2, 0.25) is 0 Å². The fourth-order valence-electron chi connectivity index (χ4n) is 4.14. The predicted octanol–water partition coefficient (Wildman–Crippen LogP) is 6.72. The average molecular weight is 481 g/mol. The molecule has 1 aromatic carbocycles. The highest BCUT2D eigenvalue weighted by atomic mass is 16.2. The Morgan fingerprint density at radius 3 is 2.14 bits per heavy atom. The van der Waals surface area contributed by atoms with E-state index in [9.17, 15) is 9.59 Å². The summed E-state index contributed by atoms with van der Waals surface area (Å²) in [6.07, 6.45) is 17.8. The second kappa shape index (κ2) is 16.7. The number of benzene rings is 1. The van der Waals surface area contributed by atoms with Crippen molar-refractivity contribution in [3.8, 4) is 0 Å². The average Bonchev–Trinajstić information content (AvgIpc) is 2.86. The molecule has 0 saturated carbocycles. The second-order valence-corrected chi connectivity index (χ2v) is 9.50. The van der Waals surface area contributed by atoms with E-state index < -0.39 is 0 Å². The van der Waals surface area contributed by atoms with E-state index in [4.69, 9.17) is 0 Å². The number of carbonyl (C=O) groups is 2. The maximum Gasteiger partial charge on any atom is 0.253 e. The van der Waals surface area contributed by atoms with Crippen molar-refractivity contribution in [2.75, 3.05) is 24.3 Å². The molecule has 0 radical (unpaired) electrons. The van der Waals surface area contributed by atoms with Crippen molar-refractivity contribution in [2.24, 2.45) is 0 Å². The Morgan fingerprint density at radius 1 is 0.886 bits per heavy atom. The minimum atomic E-state index is -0.181. The van der Waals surface area contributed by atoms with E-state index in [0.29, 0.717) is 24.2 Å². The summed E-state index contributed by atoms with van der Waals surface area (Å²) in [4.78, 5) is 31.3. The number of amides is 2. The van der Waals surface area contributed by atoms with E-state index in [-0.39, 0.29) is 11.8 Å². The molecule has 2 rings (SSSR count). The summed E-state index contributed by atoms with van der Waals surface area (Å²) in [7, 11) is 3.80. The summed E-state index contributed by atoms with van der Waals surface area (Å²) in [5, 5.41) is 5.91. The molecule has 0 bridgehead atoms. The Labute approximate surface area is 211 Å². The number of unbranched alkanes of at least 4 members (excludes halogenated alkanes) is 10. The van der Waals surface area contributed by atoms with E-state index in [1.54, 1.807) is 18.5 Å². The van der Waals surface area contributed by atoms with Gasteiger partial charge in [0.25, 0.3) is 5.91 Å². The van der Waals surface area contributed by atoms with Crippen molar-refractivity contribution in [2.45, 2.75) is 90.5 Å². The smallest absolute Gasteiger partial charge is 0.253 e. The number of rotatable bonds is 17. The number of pyridine rings is 1. The molecule has 35 heavy (non-hydrogen) atoms. The van der Waals surface area contributed by atoms with Crippen LogP contribution in [-0.4, -0.2) is 30.9 Å². The minimum Gasteiger partial charge on any atom is -0.377 e. The van der Waals surface area contributed by atoms with Crippen LogP contribution in [0.3, 0.4) is 0 Å². The number of hydrogen-bond donors (Lipinski definition) is 2. The van der Waals surface area contributed by atoms with Gasteiger partial charge in [-0.1, -0.05) is 77.2 Å². The quantitative estimate of drug-likeness (QED) is 0.247. The van der Waals surface area contributed by atoms with Crippen LogP contribution in [-0.2, 0) is 11.3 Å². The van der Waals surface area contributed by atoms with E-state index >= 15 is 0 Å². The predicted molar refractivity (Wildman–Crippen MR) is 146 cm³/mol. The van der Waals surface area contributed by atoms with Gasteiger partial charge in [0.2, 0.25) is 5.91 Å². The van der Waals surface area contributed by atoms with Gasteiger partial charge in [-0.05, 0) is 36.2 Å². The van der Waals surface area contributed by atoms with Gasteiger partial charge in [-0.15, -0.1) is 0 Å². The van der Waals surface area contributed by atoms with Crippen LogP contribution in [0.25, 0.3) is 0 Å². The SMILES string of the molecule is CCCCCCCCCCCCCC(=O)Nc1ccc(N(C)C)c(C(=O)NCc2cccnc2)c1. The van der Waals surface area contributed by atoms with Gasteiger partial charge < -0.3 is 15.5 Å². The number of nitrogens with zero attached hydrogens (tertiary/aromatic N) is 2. The molecular formula is C29H44N4O2. The number of anilines is 2. The zero-order valence-electron chi connectivity index (χ0n) is 21.9. The summed E-state index contributed by atoms with van der Waals surface area (Å²) in [5.74, 6) is -0.181. The van der Waals surface area contributed by atoms with Crippen molar-refractivity contribution >= 4 is 23.2 Å². The van der Waals surface area contributed by atoms with Crippen LogP contribution in [0.4, 0.5) is 11.4 Å². The number of hydrogen-bond acceptors (Lipinski definition) is 4. The standard InChI is InChI=1S/C29H44N4O2/c1-4-5-6-7-8-9-10-11-12-13-14-17-28(34)32-25-18-19-27(33(2)3)26(21-25)29(35)31-23-24-16-15-20-30-22-24/h15-16,18-22H,4-14,17,23H2,1-3H3,(H,31,35)(H,32,34). The highest BCUT2D eigenvalue weighted by Crippen LogP contribution is 2.23. The number of nitrogens with one attached hydrogen (secondary N) is 2. The van der Waals surface area contributed by atoms with Crippen molar-refractivity contribution in [1.82, 2.24) is 10.3 Å². The Balaban J connectivity index is 1.74. The number of aromatic nitrogens is 1. The largest absolute Gasteiger partial charge is 0.377 e. The van der Waals surface area contributed by atoms with Gasteiger partial charge in [0.1, 0.15) is 0 Å². The molecule has 2 N–H and O–H groups in total. The third kappa shape index (κ3) is 11.4. The molecular weight excluding hydrogens is 436 g/mol. The summed E-state index contributed by atoms with van der Waals surface area (Å²) < 4.78 is 0. The third-order valence-electron chi connectivity index (χ3n) is 6.19. The van der Waals surface area contributed by atoms with Crippen LogP contribution in [0.5, 0.6) is 0 Å². The first-order valence-corrected chi connectivity index (χ1v) is 13.3. The molecule has 0 saturated heterocycles. The van der Waals surface area contributed by atoms with Gasteiger partial charge in [0.15, 0.2) is 0 Å². The molecule has 0 unspecified atom stereocenters. The molecule has 6 heteroatoms. The monoisotopic (exact) mass is 480 g/mol. The normalized spacial score (nSPS) is 10.7. The molecule has 6 nitrogen and oxygen atoms in total. The zero-order chi connectivity index (χ0) is 25.3. The molecule has 192 valence electrons. The van der Waals surface area contributed by atoms with Crippen LogP contribution < -0.4 is 15.5 Å². The fourth-order valence-corrected chi connectivity index (χ4v) is 4.14. The van der Waals surface area contributed by atoms with Gasteiger partial charge >= 0.3 is 0 Å². The Morgan fingerprint density at radius 2 is 1.54 bits per heavy atom. The first kappa shape index (κ1) is 28.3. The topological polar surface area (TPSA) is 74.3 Å². The fraction of sp³-hybridized carbons (Fsp3) is 0.552. The van der Waals surface area contributed by atoms with Crippen LogP contribution in [0.1, 0.15) is 99.9 Å². The summed E-state index contributed by atoms with van der Waals surface area (Å²) in [6.45, 7) is 2.65. The van der Waals surface area contributed by atoms with E-state index in [1.807, 2.05) is 43.3 Å². The summed E-state index contributed by atoms with van der Waals surface area (Å²) in [5.41, 5.74) is 2.92. The van der Waals surface area contributed by atoms with Crippen LogP contribution in [0.15, 0.2) is 42.7 Å². The molecule has 0 atom stereocenters. The van der Waals surface area contributed by atoms with Crippen molar-refractivity contribution in [1.29, 1.82) is 0 Å². The van der Waals surface area contributed by atoms with Crippen molar-refractivity contribution in [3.05, 3.63) is 53.9 Å². The highest BCUT2D eigenvalue weighted by Gasteiger charge is 2.15. The zero-order valence-corrected chi connectivity index (χ0v) is 21.9. The van der Waals surface area contributed by atoms with E-state index in [1.165, 1.54) is 57.8 Å². The molecule has 0 fully saturated rings. The Hall–Kier alpha value is -2.89. The maximum absolute atomic E-state index is 12.9. The van der Waals surface area contributed by atoms with Gasteiger partial charge in [-0.2, -0.15) is 0 Å². The molecule has 0 spiro atoms. The van der Waals surface area contributed by atoms with Crippen molar-refractivity contribution < 1.29 is 9.59 Å². The van der Waals surface area contributed by atoms with Crippen LogP contribution >= 0.6 is 0 Å². The molecule has 2 amide bonds. The molecule has 1 aromatic heterocycles. The van der Waals surface area contributed by atoms with Gasteiger partial charge in [0, 0.05) is 50.8 Å². The second-order valence-electron chi connectivity index (χ2n) is 9.50. The summed E-state index contributed by atoms with van der Waals surface area (Å²) >= 11 is 0. The highest BCUT2D eigenvalue weighted by molar-refractivity contribution is 6.02. The van der Waals surface area contributed by atoms with Crippen LogP contribution in [0, 0.1) is 0 Å². The molecule has 0 aliphatic carbocycles. The molecule has 0 aliphatic heterocycles. The van der Waals surface area contributed by atoms with Crippen molar-refractivity contribution in [3.63, 3.8) is 0 Å². The molecule has 0 aliphatic rings. The minimum absolute atomic E-state index is 0.000227. The Bertz CT molecular complexity index is 884. The van der Waals surface area contributed by atoms with Gasteiger partial charge in [-0.3, -0.25) is 14.6 Å². The van der Waals surface area contributed by atoms with E-state index in [0.717, 1.165) is 24.1 Å². The van der Waals surface area contributed by atoms with E-state index in [2.05, 4.69) is 22.5 Å². The maximum atomic E-state index is 12.9. The first-order chi connectivity index (χ1) is 17.0. The molecule has 2 aromatic rings. The lowest BCUT2D eigenvalue weighted by molar-refractivity contribution is -0.116. The third-order valence-corrected chi connectivity index (χ3v) is 6.19. The molecule has 1 heterocycles. The first-order valence-electron chi connectivity index (χ1n) is 13.3. The Kier molecular flexibility index (Phi) is 13.5. The van der Waals surface area contributed by atoms with Gasteiger partial charge in [0.05, 0.1) is 5.56 Å². The lowest BCUT2D eigenvalue weighted by Gasteiger charge is -2.18. The van der Waals surface area contributed by atoms with Gasteiger partial charge in [-0.25, -0.2) is 0 Å². The number of carbonyl (C=O) groups excluding carboxylic acids is 2. The lowest BCUT2D eigenvalue weighted by atomic mass is 10.1. The lowest BCUT2D eigenvalue weighted by Crippen LogP contribution is -2.25.